The van der Waals surface area contributed by atoms with Gasteiger partial charge in [-0.2, -0.15) is 0 Å². The zero-order chi connectivity index (χ0) is 18.2. The highest BCUT2D eigenvalue weighted by molar-refractivity contribution is 7.99. The molecule has 3 nitrogen and oxygen atoms in total. The second-order valence-corrected chi connectivity index (χ2v) is 8.16. The summed E-state index contributed by atoms with van der Waals surface area (Å²) in [6, 6.07) is 19.1. The fourth-order valence-electron chi connectivity index (χ4n) is 3.32. The molecule has 0 bridgehead atoms. The molecule has 1 amide bonds. The van der Waals surface area contributed by atoms with Gasteiger partial charge in [-0.25, -0.2) is 0 Å². The van der Waals surface area contributed by atoms with Crippen molar-refractivity contribution in [1.29, 1.82) is 0 Å². The summed E-state index contributed by atoms with van der Waals surface area (Å²) >= 11 is 1.80. The Bertz CT molecular complexity index is 679. The maximum Gasteiger partial charge on any atom is 0.223 e. The molecule has 1 saturated heterocycles. The van der Waals surface area contributed by atoms with Crippen molar-refractivity contribution in [2.45, 2.75) is 31.2 Å². The average Bonchev–Trinajstić information content (AvgIpc) is 2.68. The van der Waals surface area contributed by atoms with Gasteiger partial charge in [0.1, 0.15) is 0 Å². The van der Waals surface area contributed by atoms with Crippen molar-refractivity contribution < 1.29 is 4.79 Å². The Balaban J connectivity index is 1.32. The fraction of sp³-hybridized carbons (Fsp3) is 0.409. The van der Waals surface area contributed by atoms with Gasteiger partial charge >= 0.3 is 0 Å². The van der Waals surface area contributed by atoms with Crippen LogP contribution in [0.25, 0.3) is 0 Å². The smallest absolute Gasteiger partial charge is 0.223 e. The minimum absolute atomic E-state index is 0.173. The lowest BCUT2D eigenvalue weighted by Crippen LogP contribution is -2.40. The molecule has 3 rings (SSSR count). The number of nitrogens with zero attached hydrogens (tertiary/aromatic N) is 1. The van der Waals surface area contributed by atoms with E-state index in [4.69, 9.17) is 0 Å². The molecular weight excluding hydrogens is 340 g/mol. The molecule has 1 aliphatic heterocycles. The standard InChI is InChI=1S/C22H28N2OS/c1-18-7-9-21(10-8-18)26-16-13-23-22(25)20-11-14-24(15-12-20)17-19-5-3-2-4-6-19/h2-10,20H,11-17H2,1H3,(H,23,25). The van der Waals surface area contributed by atoms with Gasteiger partial charge in [0, 0.05) is 29.7 Å². The topological polar surface area (TPSA) is 32.3 Å². The summed E-state index contributed by atoms with van der Waals surface area (Å²) in [6.45, 7) is 5.83. The van der Waals surface area contributed by atoms with Crippen molar-refractivity contribution >= 4 is 17.7 Å². The van der Waals surface area contributed by atoms with Gasteiger partial charge in [-0.3, -0.25) is 9.69 Å². The Morgan fingerprint density at radius 2 is 1.77 bits per heavy atom. The van der Waals surface area contributed by atoms with Gasteiger partial charge in [0.15, 0.2) is 0 Å². The van der Waals surface area contributed by atoms with E-state index < -0.39 is 0 Å². The molecule has 1 N–H and O–H groups in total. The van der Waals surface area contributed by atoms with Gasteiger partial charge in [-0.05, 0) is 50.6 Å². The number of benzene rings is 2. The van der Waals surface area contributed by atoms with Crippen LogP contribution in [0.2, 0.25) is 0 Å². The Labute approximate surface area is 161 Å². The van der Waals surface area contributed by atoms with Crippen molar-refractivity contribution in [2.75, 3.05) is 25.4 Å². The first-order valence-corrected chi connectivity index (χ1v) is 10.4. The lowest BCUT2D eigenvalue weighted by atomic mass is 9.95. The van der Waals surface area contributed by atoms with Crippen LogP contribution in [0.4, 0.5) is 0 Å². The second-order valence-electron chi connectivity index (χ2n) is 6.99. The third-order valence-electron chi connectivity index (χ3n) is 4.90. The SMILES string of the molecule is Cc1ccc(SCCNC(=O)C2CCN(Cc3ccccc3)CC2)cc1. The lowest BCUT2D eigenvalue weighted by molar-refractivity contribution is -0.126. The van der Waals surface area contributed by atoms with E-state index in [9.17, 15) is 4.79 Å². The zero-order valence-corrected chi connectivity index (χ0v) is 16.3. The van der Waals surface area contributed by atoms with E-state index in [-0.39, 0.29) is 11.8 Å². The summed E-state index contributed by atoms with van der Waals surface area (Å²) in [5.41, 5.74) is 2.63. The van der Waals surface area contributed by atoms with Crippen molar-refractivity contribution in [1.82, 2.24) is 10.2 Å². The number of thioether (sulfide) groups is 1. The highest BCUT2D eigenvalue weighted by Gasteiger charge is 2.24. The number of piperidine rings is 1. The second kappa shape index (κ2) is 9.79. The lowest BCUT2D eigenvalue weighted by Gasteiger charge is -2.31. The van der Waals surface area contributed by atoms with E-state index in [2.05, 4.69) is 71.7 Å². The molecule has 1 heterocycles. The van der Waals surface area contributed by atoms with Gasteiger partial charge in [-0.15, -0.1) is 11.8 Å². The molecule has 2 aromatic carbocycles. The quantitative estimate of drug-likeness (QED) is 0.589. The van der Waals surface area contributed by atoms with E-state index in [0.29, 0.717) is 0 Å². The van der Waals surface area contributed by atoms with Gasteiger partial charge in [0.2, 0.25) is 5.91 Å². The summed E-state index contributed by atoms with van der Waals surface area (Å²) in [6.07, 6.45) is 1.92. The number of carbonyl (C=O) groups is 1. The molecule has 1 fully saturated rings. The highest BCUT2D eigenvalue weighted by atomic mass is 32.2. The Morgan fingerprint density at radius 3 is 2.46 bits per heavy atom. The number of nitrogens with one attached hydrogen (secondary N) is 1. The minimum Gasteiger partial charge on any atom is -0.355 e. The molecule has 4 heteroatoms. The number of aryl methyl sites for hydroxylation is 1. The number of rotatable bonds is 7. The molecule has 138 valence electrons. The van der Waals surface area contributed by atoms with Crippen molar-refractivity contribution in [2.24, 2.45) is 5.92 Å². The zero-order valence-electron chi connectivity index (χ0n) is 15.5. The van der Waals surface area contributed by atoms with Crippen LogP contribution in [-0.4, -0.2) is 36.2 Å². The Kier molecular flexibility index (Phi) is 7.15. The predicted molar refractivity (Wildman–Crippen MR) is 109 cm³/mol. The number of carbonyl (C=O) groups excluding carboxylic acids is 1. The Hall–Kier alpha value is -1.78. The van der Waals surface area contributed by atoms with E-state index in [0.717, 1.165) is 44.8 Å². The molecular formula is C22H28N2OS. The van der Waals surface area contributed by atoms with Gasteiger partial charge < -0.3 is 5.32 Å². The number of hydrogen-bond donors (Lipinski definition) is 1. The number of hydrogen-bond acceptors (Lipinski definition) is 3. The van der Waals surface area contributed by atoms with Crippen molar-refractivity contribution in [3.8, 4) is 0 Å². The minimum atomic E-state index is 0.173. The van der Waals surface area contributed by atoms with Crippen LogP contribution in [-0.2, 0) is 11.3 Å². The van der Waals surface area contributed by atoms with Gasteiger partial charge in [0.05, 0.1) is 0 Å². The molecule has 26 heavy (non-hydrogen) atoms. The predicted octanol–water partition coefficient (Wildman–Crippen LogP) is 4.12. The van der Waals surface area contributed by atoms with Crippen molar-refractivity contribution in [3.63, 3.8) is 0 Å². The van der Waals surface area contributed by atoms with E-state index in [1.807, 2.05) is 0 Å². The van der Waals surface area contributed by atoms with Gasteiger partial charge in [-0.1, -0.05) is 48.0 Å². The average molecular weight is 369 g/mol. The molecule has 0 spiro atoms. The first kappa shape index (κ1) is 19.0. The summed E-state index contributed by atoms with van der Waals surface area (Å²) in [4.78, 5) is 16.1. The molecule has 0 aromatic heterocycles. The Morgan fingerprint density at radius 1 is 1.08 bits per heavy atom. The molecule has 2 aromatic rings. The van der Waals surface area contributed by atoms with Crippen LogP contribution in [0.1, 0.15) is 24.0 Å². The van der Waals surface area contributed by atoms with E-state index in [1.165, 1.54) is 16.0 Å². The summed E-state index contributed by atoms with van der Waals surface area (Å²) in [5.74, 6) is 1.32. The van der Waals surface area contributed by atoms with Crippen LogP contribution in [0.3, 0.4) is 0 Å². The molecule has 1 aliphatic rings. The number of likely N-dealkylation sites (tertiary alicyclic amines) is 1. The maximum absolute atomic E-state index is 12.4. The normalized spacial score (nSPS) is 15.7. The summed E-state index contributed by atoms with van der Waals surface area (Å²) in [5, 5.41) is 3.12. The molecule has 0 aliphatic carbocycles. The van der Waals surface area contributed by atoms with Crippen LogP contribution in [0, 0.1) is 12.8 Å². The molecule has 0 saturated carbocycles. The van der Waals surface area contributed by atoms with Gasteiger partial charge in [0.25, 0.3) is 0 Å². The molecule has 0 atom stereocenters. The van der Waals surface area contributed by atoms with Crippen LogP contribution in [0.5, 0.6) is 0 Å². The summed E-state index contributed by atoms with van der Waals surface area (Å²) in [7, 11) is 0. The van der Waals surface area contributed by atoms with Crippen LogP contribution < -0.4 is 5.32 Å². The number of amides is 1. The third-order valence-corrected chi connectivity index (χ3v) is 5.91. The first-order valence-electron chi connectivity index (χ1n) is 9.44. The van der Waals surface area contributed by atoms with E-state index in [1.54, 1.807) is 11.8 Å². The monoisotopic (exact) mass is 368 g/mol. The van der Waals surface area contributed by atoms with E-state index >= 15 is 0 Å². The molecule has 0 radical (unpaired) electrons. The highest BCUT2D eigenvalue weighted by Crippen LogP contribution is 2.20. The third kappa shape index (κ3) is 5.89. The largest absolute Gasteiger partial charge is 0.355 e. The van der Waals surface area contributed by atoms with Crippen LogP contribution in [0.15, 0.2) is 59.5 Å². The maximum atomic E-state index is 12.4. The fourth-order valence-corrected chi connectivity index (χ4v) is 4.09. The molecule has 0 unspecified atom stereocenters. The van der Waals surface area contributed by atoms with Crippen molar-refractivity contribution in [3.05, 3.63) is 65.7 Å². The first-order chi connectivity index (χ1) is 12.7. The van der Waals surface area contributed by atoms with Crippen LogP contribution >= 0.6 is 11.8 Å². The summed E-state index contributed by atoms with van der Waals surface area (Å²) < 4.78 is 0.